The third kappa shape index (κ3) is 2.15. The predicted molar refractivity (Wildman–Crippen MR) is 60.5 cm³/mol. The summed E-state index contributed by atoms with van der Waals surface area (Å²) >= 11 is 5.73. The van der Waals surface area contributed by atoms with Gasteiger partial charge in [-0.2, -0.15) is 0 Å². The smallest absolute Gasteiger partial charge is 0.154 e. The Morgan fingerprint density at radius 2 is 1.67 bits per heavy atom. The fraction of sp³-hybridized carbons (Fsp3) is 0.333. The first-order valence-corrected chi connectivity index (χ1v) is 4.87. The van der Waals surface area contributed by atoms with E-state index in [1.54, 1.807) is 24.3 Å². The van der Waals surface area contributed by atoms with Gasteiger partial charge in [-0.25, -0.2) is 0 Å². The summed E-state index contributed by atoms with van der Waals surface area (Å²) in [6.07, 6.45) is 5.17. The molecular formula is C12H13ClO2. The Morgan fingerprint density at radius 3 is 2.07 bits per heavy atom. The Morgan fingerprint density at radius 1 is 1.20 bits per heavy atom. The van der Waals surface area contributed by atoms with Crippen LogP contribution >= 0.6 is 11.6 Å². The Hall–Kier alpha value is -1.01. The molecule has 15 heavy (non-hydrogen) atoms. The third-order valence-corrected chi connectivity index (χ3v) is 2.89. The normalized spacial score (nSPS) is 18.7. The molecule has 1 aromatic rings. The molecule has 0 aliphatic heterocycles. The molecule has 1 aromatic carbocycles. The van der Waals surface area contributed by atoms with Gasteiger partial charge >= 0.3 is 0 Å². The maximum atomic E-state index is 10.2. The molecule has 0 spiro atoms. The van der Waals surface area contributed by atoms with Crippen molar-refractivity contribution in [1.29, 1.82) is 0 Å². The van der Waals surface area contributed by atoms with E-state index in [-0.39, 0.29) is 0 Å². The van der Waals surface area contributed by atoms with Crippen LogP contribution in [0.2, 0.25) is 5.02 Å². The van der Waals surface area contributed by atoms with Crippen molar-refractivity contribution in [2.75, 3.05) is 0 Å². The van der Waals surface area contributed by atoms with Crippen LogP contribution in [0.5, 0.6) is 0 Å². The van der Waals surface area contributed by atoms with Gasteiger partial charge in [0.2, 0.25) is 0 Å². The van der Waals surface area contributed by atoms with Crippen LogP contribution in [0, 0.1) is 12.3 Å². The second-order valence-electron chi connectivity index (χ2n) is 3.80. The van der Waals surface area contributed by atoms with E-state index in [0.717, 1.165) is 0 Å². The Balaban J connectivity index is 3.18. The minimum Gasteiger partial charge on any atom is -0.381 e. The van der Waals surface area contributed by atoms with Gasteiger partial charge in [-0.3, -0.25) is 0 Å². The van der Waals surface area contributed by atoms with Gasteiger partial charge in [-0.15, -0.1) is 6.42 Å². The molecule has 0 saturated carbocycles. The highest BCUT2D eigenvalue weighted by molar-refractivity contribution is 6.30. The van der Waals surface area contributed by atoms with E-state index < -0.39 is 11.2 Å². The second kappa shape index (κ2) is 3.86. The summed E-state index contributed by atoms with van der Waals surface area (Å²) in [7, 11) is 0. The summed E-state index contributed by atoms with van der Waals surface area (Å²) in [4.78, 5) is 0. The number of terminal acetylenes is 1. The predicted octanol–water partition coefficient (Wildman–Crippen LogP) is 1.93. The van der Waals surface area contributed by atoms with Crippen LogP contribution in [0.25, 0.3) is 0 Å². The molecule has 2 nitrogen and oxygen atoms in total. The van der Waals surface area contributed by atoms with Crippen LogP contribution in [0.3, 0.4) is 0 Å². The quantitative estimate of drug-likeness (QED) is 0.754. The monoisotopic (exact) mass is 224 g/mol. The van der Waals surface area contributed by atoms with Gasteiger partial charge in [0.15, 0.2) is 5.60 Å². The lowest BCUT2D eigenvalue weighted by molar-refractivity contribution is -0.100. The van der Waals surface area contributed by atoms with Crippen LogP contribution in [0.1, 0.15) is 19.4 Å². The molecule has 0 fully saturated rings. The van der Waals surface area contributed by atoms with Crippen LogP contribution < -0.4 is 0 Å². The summed E-state index contributed by atoms with van der Waals surface area (Å²) in [5, 5.41) is 20.6. The first-order chi connectivity index (χ1) is 6.81. The summed E-state index contributed by atoms with van der Waals surface area (Å²) in [6, 6.07) is 6.54. The fourth-order valence-electron chi connectivity index (χ4n) is 1.20. The molecule has 0 aliphatic rings. The molecule has 0 radical (unpaired) electrons. The summed E-state index contributed by atoms with van der Waals surface area (Å²) in [6.45, 7) is 2.86. The Labute approximate surface area is 94.5 Å². The number of rotatable bonds is 2. The highest BCUT2D eigenvalue weighted by atomic mass is 35.5. The lowest BCUT2D eigenvalue weighted by Crippen LogP contribution is -2.46. The van der Waals surface area contributed by atoms with E-state index in [9.17, 15) is 10.2 Å². The van der Waals surface area contributed by atoms with Crippen molar-refractivity contribution >= 4 is 11.6 Å². The number of hydrogen-bond donors (Lipinski definition) is 2. The number of hydrogen-bond acceptors (Lipinski definition) is 2. The molecule has 0 bridgehead atoms. The van der Waals surface area contributed by atoms with Gasteiger partial charge < -0.3 is 10.2 Å². The van der Waals surface area contributed by atoms with Crippen LogP contribution in [0.4, 0.5) is 0 Å². The fourth-order valence-corrected chi connectivity index (χ4v) is 1.32. The number of halogens is 1. The maximum absolute atomic E-state index is 10.2. The van der Waals surface area contributed by atoms with Gasteiger partial charge in [0, 0.05) is 5.02 Å². The van der Waals surface area contributed by atoms with E-state index in [1.165, 1.54) is 13.8 Å². The van der Waals surface area contributed by atoms with Crippen molar-refractivity contribution in [3.8, 4) is 12.3 Å². The standard InChI is InChI=1S/C12H13ClO2/c1-4-11(2,14)12(3,15)9-5-7-10(13)8-6-9/h1,5-8,14-15H,2-3H3. The minimum absolute atomic E-state index is 0.523. The van der Waals surface area contributed by atoms with Crippen molar-refractivity contribution in [2.24, 2.45) is 0 Å². The van der Waals surface area contributed by atoms with Crippen LogP contribution in [0.15, 0.2) is 24.3 Å². The van der Waals surface area contributed by atoms with Gasteiger partial charge in [0.25, 0.3) is 0 Å². The average molecular weight is 225 g/mol. The second-order valence-corrected chi connectivity index (χ2v) is 4.23. The first kappa shape index (κ1) is 12.1. The SMILES string of the molecule is C#CC(C)(O)C(C)(O)c1ccc(Cl)cc1. The molecule has 2 atom stereocenters. The summed E-state index contributed by atoms with van der Waals surface area (Å²) in [5.41, 5.74) is -2.61. The molecular weight excluding hydrogens is 212 g/mol. The maximum Gasteiger partial charge on any atom is 0.154 e. The van der Waals surface area contributed by atoms with Crippen LogP contribution in [-0.2, 0) is 5.60 Å². The highest BCUT2D eigenvalue weighted by Crippen LogP contribution is 2.32. The van der Waals surface area contributed by atoms with E-state index in [0.29, 0.717) is 10.6 Å². The van der Waals surface area contributed by atoms with Crippen molar-refractivity contribution < 1.29 is 10.2 Å². The van der Waals surface area contributed by atoms with Gasteiger partial charge in [0.1, 0.15) is 5.60 Å². The lowest BCUT2D eigenvalue weighted by Gasteiger charge is -2.34. The average Bonchev–Trinajstić information content (AvgIpc) is 2.18. The van der Waals surface area contributed by atoms with Crippen molar-refractivity contribution in [3.63, 3.8) is 0 Å². The molecule has 2 unspecified atom stereocenters. The molecule has 0 saturated heterocycles. The summed E-state index contributed by atoms with van der Waals surface area (Å²) < 4.78 is 0. The third-order valence-electron chi connectivity index (χ3n) is 2.64. The Kier molecular flexibility index (Phi) is 3.11. The highest BCUT2D eigenvalue weighted by Gasteiger charge is 2.41. The van der Waals surface area contributed by atoms with E-state index in [4.69, 9.17) is 18.0 Å². The molecule has 0 amide bonds. The lowest BCUT2D eigenvalue weighted by atomic mass is 9.81. The van der Waals surface area contributed by atoms with E-state index >= 15 is 0 Å². The van der Waals surface area contributed by atoms with Crippen molar-refractivity contribution in [3.05, 3.63) is 34.9 Å². The molecule has 3 heteroatoms. The first-order valence-electron chi connectivity index (χ1n) is 4.50. The van der Waals surface area contributed by atoms with Gasteiger partial charge in [0.05, 0.1) is 0 Å². The van der Waals surface area contributed by atoms with Crippen LogP contribution in [-0.4, -0.2) is 15.8 Å². The minimum atomic E-state index is -1.62. The molecule has 80 valence electrons. The Bertz CT molecular complexity index is 385. The van der Waals surface area contributed by atoms with Crippen molar-refractivity contribution in [2.45, 2.75) is 25.0 Å². The van der Waals surface area contributed by atoms with Crippen molar-refractivity contribution in [1.82, 2.24) is 0 Å². The molecule has 1 rings (SSSR count). The molecule has 0 heterocycles. The molecule has 0 aromatic heterocycles. The number of benzene rings is 1. The van der Waals surface area contributed by atoms with Gasteiger partial charge in [-0.05, 0) is 31.5 Å². The molecule has 2 N–H and O–H groups in total. The zero-order valence-electron chi connectivity index (χ0n) is 8.66. The largest absolute Gasteiger partial charge is 0.381 e. The summed E-state index contributed by atoms with van der Waals surface area (Å²) in [5.74, 6) is 2.17. The zero-order valence-corrected chi connectivity index (χ0v) is 9.42. The van der Waals surface area contributed by atoms with E-state index in [1.807, 2.05) is 0 Å². The molecule has 0 aliphatic carbocycles. The van der Waals surface area contributed by atoms with Gasteiger partial charge in [-0.1, -0.05) is 29.7 Å². The zero-order chi connectivity index (χ0) is 11.7. The number of aliphatic hydroxyl groups is 2. The van der Waals surface area contributed by atoms with E-state index in [2.05, 4.69) is 5.92 Å². The topological polar surface area (TPSA) is 40.5 Å².